The molecule has 0 saturated heterocycles. The van der Waals surface area contributed by atoms with E-state index < -0.39 is 0 Å². The maximum Gasteiger partial charge on any atom is 0.238 e. The summed E-state index contributed by atoms with van der Waals surface area (Å²) in [6.07, 6.45) is 0. The van der Waals surface area contributed by atoms with Gasteiger partial charge >= 0.3 is 0 Å². The van der Waals surface area contributed by atoms with E-state index in [4.69, 9.17) is 0 Å². The average molecular weight is 296 g/mol. The van der Waals surface area contributed by atoms with Crippen LogP contribution in [0.25, 0.3) is 0 Å². The standard InChI is InChI=1S/C18H20N2O2/c1-13-3-5-15(6-4-13)11-19-12-18(22)20-17-9-7-16(8-10-17)14(2)21/h3-10,19H,11-12H2,1-2H3,(H,20,22). The number of carbonyl (C=O) groups is 2. The number of ketones is 1. The first-order valence-corrected chi connectivity index (χ1v) is 7.22. The summed E-state index contributed by atoms with van der Waals surface area (Å²) in [4.78, 5) is 23.0. The highest BCUT2D eigenvalue weighted by atomic mass is 16.2. The Morgan fingerprint density at radius 1 is 0.955 bits per heavy atom. The second-order valence-corrected chi connectivity index (χ2v) is 5.27. The molecule has 2 aromatic carbocycles. The van der Waals surface area contributed by atoms with Crippen molar-refractivity contribution in [3.8, 4) is 0 Å². The Hall–Kier alpha value is -2.46. The molecule has 0 aliphatic carbocycles. The van der Waals surface area contributed by atoms with Gasteiger partial charge in [0.05, 0.1) is 6.54 Å². The lowest BCUT2D eigenvalue weighted by Gasteiger charge is -2.07. The highest BCUT2D eigenvalue weighted by Crippen LogP contribution is 2.09. The monoisotopic (exact) mass is 296 g/mol. The van der Waals surface area contributed by atoms with Crippen LogP contribution < -0.4 is 10.6 Å². The van der Waals surface area contributed by atoms with Crippen LogP contribution in [0.1, 0.15) is 28.4 Å². The zero-order valence-corrected chi connectivity index (χ0v) is 12.8. The van der Waals surface area contributed by atoms with Crippen molar-refractivity contribution in [2.45, 2.75) is 20.4 Å². The number of nitrogens with one attached hydrogen (secondary N) is 2. The van der Waals surface area contributed by atoms with Gasteiger partial charge in [-0.25, -0.2) is 0 Å². The number of aryl methyl sites for hydroxylation is 1. The molecule has 0 fully saturated rings. The summed E-state index contributed by atoms with van der Waals surface area (Å²) in [6.45, 7) is 4.45. The van der Waals surface area contributed by atoms with E-state index in [1.54, 1.807) is 24.3 Å². The summed E-state index contributed by atoms with van der Waals surface area (Å²) in [7, 11) is 0. The first-order valence-electron chi connectivity index (χ1n) is 7.22. The van der Waals surface area contributed by atoms with E-state index in [9.17, 15) is 9.59 Å². The molecule has 0 radical (unpaired) electrons. The number of carbonyl (C=O) groups excluding carboxylic acids is 2. The minimum absolute atomic E-state index is 0.0117. The predicted octanol–water partition coefficient (Wildman–Crippen LogP) is 2.93. The Kier molecular flexibility index (Phi) is 5.44. The lowest BCUT2D eigenvalue weighted by Crippen LogP contribution is -2.27. The van der Waals surface area contributed by atoms with Crippen LogP contribution in [0.3, 0.4) is 0 Å². The van der Waals surface area contributed by atoms with Gasteiger partial charge in [0, 0.05) is 17.8 Å². The summed E-state index contributed by atoms with van der Waals surface area (Å²) >= 11 is 0. The molecule has 2 aromatic rings. The minimum Gasteiger partial charge on any atom is -0.325 e. The zero-order valence-electron chi connectivity index (χ0n) is 12.8. The Balaban J connectivity index is 1.77. The van der Waals surface area contributed by atoms with E-state index in [0.717, 1.165) is 5.56 Å². The topological polar surface area (TPSA) is 58.2 Å². The largest absolute Gasteiger partial charge is 0.325 e. The lowest BCUT2D eigenvalue weighted by atomic mass is 10.1. The van der Waals surface area contributed by atoms with Crippen molar-refractivity contribution >= 4 is 17.4 Å². The van der Waals surface area contributed by atoms with Gasteiger partial charge in [-0.3, -0.25) is 9.59 Å². The first-order chi connectivity index (χ1) is 10.5. The van der Waals surface area contributed by atoms with Crippen LogP contribution in [0.15, 0.2) is 48.5 Å². The molecule has 0 heterocycles. The van der Waals surface area contributed by atoms with Crippen LogP contribution in [0.5, 0.6) is 0 Å². The number of anilines is 1. The van der Waals surface area contributed by atoms with E-state index in [-0.39, 0.29) is 18.2 Å². The molecule has 0 saturated carbocycles. The van der Waals surface area contributed by atoms with E-state index in [0.29, 0.717) is 17.8 Å². The molecule has 1 amide bonds. The normalized spacial score (nSPS) is 10.3. The number of rotatable bonds is 6. The number of hydrogen-bond donors (Lipinski definition) is 2. The molecule has 0 aliphatic rings. The molecule has 4 heteroatoms. The summed E-state index contributed by atoms with van der Waals surface area (Å²) in [6, 6.07) is 15.1. The predicted molar refractivity (Wildman–Crippen MR) is 88.0 cm³/mol. The number of Topliss-reactive ketones (excluding diaryl/α,β-unsaturated/α-hetero) is 1. The van der Waals surface area contributed by atoms with Gasteiger partial charge in [-0.1, -0.05) is 29.8 Å². The van der Waals surface area contributed by atoms with Crippen molar-refractivity contribution in [3.05, 3.63) is 65.2 Å². The molecule has 114 valence electrons. The van der Waals surface area contributed by atoms with Crippen LogP contribution in [-0.2, 0) is 11.3 Å². The van der Waals surface area contributed by atoms with Crippen LogP contribution >= 0.6 is 0 Å². The fourth-order valence-electron chi connectivity index (χ4n) is 2.02. The summed E-state index contributed by atoms with van der Waals surface area (Å²) in [5.41, 5.74) is 3.68. The van der Waals surface area contributed by atoms with Crippen molar-refractivity contribution in [2.75, 3.05) is 11.9 Å². The van der Waals surface area contributed by atoms with Gasteiger partial charge in [-0.15, -0.1) is 0 Å². The van der Waals surface area contributed by atoms with Crippen LogP contribution in [0.2, 0.25) is 0 Å². The Morgan fingerprint density at radius 2 is 1.59 bits per heavy atom. The number of amides is 1. The Bertz CT molecular complexity index is 646. The molecule has 0 spiro atoms. The zero-order chi connectivity index (χ0) is 15.9. The molecule has 0 bridgehead atoms. The third-order valence-corrected chi connectivity index (χ3v) is 3.31. The first kappa shape index (κ1) is 15.9. The highest BCUT2D eigenvalue weighted by molar-refractivity contribution is 5.96. The lowest BCUT2D eigenvalue weighted by molar-refractivity contribution is -0.115. The van der Waals surface area contributed by atoms with Crippen molar-refractivity contribution < 1.29 is 9.59 Å². The maximum absolute atomic E-state index is 11.8. The van der Waals surface area contributed by atoms with Crippen LogP contribution in [0.4, 0.5) is 5.69 Å². The smallest absolute Gasteiger partial charge is 0.238 e. The SMILES string of the molecule is CC(=O)c1ccc(NC(=O)CNCc2ccc(C)cc2)cc1. The quantitative estimate of drug-likeness (QED) is 0.806. The number of hydrogen-bond acceptors (Lipinski definition) is 3. The molecular weight excluding hydrogens is 276 g/mol. The summed E-state index contributed by atoms with van der Waals surface area (Å²) in [5, 5.41) is 5.90. The molecule has 0 aliphatic heterocycles. The van der Waals surface area contributed by atoms with Gasteiger partial charge in [0.25, 0.3) is 0 Å². The second-order valence-electron chi connectivity index (χ2n) is 5.27. The van der Waals surface area contributed by atoms with Crippen molar-refractivity contribution in [1.29, 1.82) is 0 Å². The van der Waals surface area contributed by atoms with Crippen molar-refractivity contribution in [2.24, 2.45) is 0 Å². The third-order valence-electron chi connectivity index (χ3n) is 3.31. The highest BCUT2D eigenvalue weighted by Gasteiger charge is 2.03. The second kappa shape index (κ2) is 7.52. The minimum atomic E-state index is -0.109. The van der Waals surface area contributed by atoms with E-state index in [2.05, 4.69) is 10.6 Å². The molecule has 0 atom stereocenters. The molecule has 2 rings (SSSR count). The van der Waals surface area contributed by atoms with Gasteiger partial charge in [-0.05, 0) is 43.7 Å². The van der Waals surface area contributed by atoms with E-state index in [1.807, 2.05) is 31.2 Å². The number of benzene rings is 2. The van der Waals surface area contributed by atoms with E-state index >= 15 is 0 Å². The molecular formula is C18H20N2O2. The van der Waals surface area contributed by atoms with Gasteiger partial charge in [-0.2, -0.15) is 0 Å². The molecule has 4 nitrogen and oxygen atoms in total. The van der Waals surface area contributed by atoms with Crippen molar-refractivity contribution in [1.82, 2.24) is 5.32 Å². The van der Waals surface area contributed by atoms with Gasteiger partial charge in [0.15, 0.2) is 5.78 Å². The third kappa shape index (κ3) is 4.82. The molecule has 0 aromatic heterocycles. The molecule has 0 unspecified atom stereocenters. The summed E-state index contributed by atoms with van der Waals surface area (Å²) < 4.78 is 0. The van der Waals surface area contributed by atoms with Crippen molar-refractivity contribution in [3.63, 3.8) is 0 Å². The fourth-order valence-corrected chi connectivity index (χ4v) is 2.02. The molecule has 22 heavy (non-hydrogen) atoms. The van der Waals surface area contributed by atoms with Gasteiger partial charge in [0.2, 0.25) is 5.91 Å². The maximum atomic E-state index is 11.8. The van der Waals surface area contributed by atoms with Gasteiger partial charge in [0.1, 0.15) is 0 Å². The summed E-state index contributed by atoms with van der Waals surface area (Å²) in [5.74, 6) is -0.0969. The van der Waals surface area contributed by atoms with Gasteiger partial charge < -0.3 is 10.6 Å². The van der Waals surface area contributed by atoms with E-state index in [1.165, 1.54) is 12.5 Å². The van der Waals surface area contributed by atoms with Crippen LogP contribution in [-0.4, -0.2) is 18.2 Å². The van der Waals surface area contributed by atoms with Crippen LogP contribution in [0, 0.1) is 6.92 Å². The molecule has 2 N–H and O–H groups in total. The average Bonchev–Trinajstić information content (AvgIpc) is 2.50. The Morgan fingerprint density at radius 3 is 2.18 bits per heavy atom. The fraction of sp³-hybridized carbons (Fsp3) is 0.222. The Labute approximate surface area is 130 Å².